The molecule has 0 aliphatic heterocycles. The maximum atomic E-state index is 11.2. The van der Waals surface area contributed by atoms with Crippen LogP contribution in [0.4, 0.5) is 0 Å². The van der Waals surface area contributed by atoms with Gasteiger partial charge in [0, 0.05) is 5.39 Å². The van der Waals surface area contributed by atoms with Crippen LogP contribution >= 0.6 is 0 Å². The first-order valence-electron chi connectivity index (χ1n) is 4.44. The second kappa shape index (κ2) is 3.33. The standard InChI is InChI=1S/C10H8N2O3S/c1-7-10(16(13,14)15)8-4-2-3-5-9(8)12(7)6-11/h2-5H,1H3,(H,13,14,15). The van der Waals surface area contributed by atoms with Crippen LogP contribution in [0.1, 0.15) is 5.69 Å². The zero-order chi connectivity index (χ0) is 11.9. The van der Waals surface area contributed by atoms with Gasteiger partial charge in [-0.05, 0) is 13.0 Å². The summed E-state index contributed by atoms with van der Waals surface area (Å²) in [7, 11) is -4.32. The molecule has 1 aromatic carbocycles. The zero-order valence-corrected chi connectivity index (χ0v) is 9.19. The number of rotatable bonds is 1. The van der Waals surface area contributed by atoms with Crippen molar-refractivity contribution in [3.8, 4) is 6.19 Å². The Balaban J connectivity index is 3.08. The van der Waals surface area contributed by atoms with Crippen LogP contribution in [0, 0.1) is 18.4 Å². The third kappa shape index (κ3) is 1.38. The number of benzene rings is 1. The van der Waals surface area contributed by atoms with E-state index in [1.807, 2.05) is 6.19 Å². The fourth-order valence-electron chi connectivity index (χ4n) is 1.79. The molecule has 0 saturated carbocycles. The van der Waals surface area contributed by atoms with Gasteiger partial charge in [0.2, 0.25) is 0 Å². The molecule has 1 aromatic heterocycles. The van der Waals surface area contributed by atoms with Crippen molar-refractivity contribution in [2.24, 2.45) is 0 Å². The molecule has 1 N–H and O–H groups in total. The second-order valence-electron chi connectivity index (χ2n) is 3.34. The van der Waals surface area contributed by atoms with Gasteiger partial charge in [-0.25, -0.2) is 0 Å². The Morgan fingerprint density at radius 3 is 2.56 bits per heavy atom. The topological polar surface area (TPSA) is 83.1 Å². The number of nitrogens with zero attached hydrogens (tertiary/aromatic N) is 2. The van der Waals surface area contributed by atoms with Gasteiger partial charge in [-0.15, -0.1) is 0 Å². The smallest absolute Gasteiger partial charge is 0.282 e. The van der Waals surface area contributed by atoms with E-state index in [4.69, 9.17) is 9.81 Å². The van der Waals surface area contributed by atoms with Gasteiger partial charge in [-0.2, -0.15) is 13.7 Å². The summed E-state index contributed by atoms with van der Waals surface area (Å²) in [6.07, 6.45) is 1.87. The highest BCUT2D eigenvalue weighted by atomic mass is 32.2. The summed E-state index contributed by atoms with van der Waals surface area (Å²) >= 11 is 0. The van der Waals surface area contributed by atoms with Crippen LogP contribution in [0.3, 0.4) is 0 Å². The number of nitriles is 1. The van der Waals surface area contributed by atoms with Gasteiger partial charge < -0.3 is 0 Å². The third-order valence-electron chi connectivity index (χ3n) is 2.41. The Morgan fingerprint density at radius 1 is 1.38 bits per heavy atom. The molecular formula is C10H8N2O3S. The largest absolute Gasteiger partial charge is 0.296 e. The molecule has 0 atom stereocenters. The lowest BCUT2D eigenvalue weighted by Crippen LogP contribution is -2.00. The lowest BCUT2D eigenvalue weighted by Gasteiger charge is -1.95. The lowest BCUT2D eigenvalue weighted by atomic mass is 10.2. The van der Waals surface area contributed by atoms with Crippen molar-refractivity contribution in [1.29, 1.82) is 5.26 Å². The van der Waals surface area contributed by atoms with Gasteiger partial charge in [-0.1, -0.05) is 18.2 Å². The van der Waals surface area contributed by atoms with E-state index in [-0.39, 0.29) is 10.6 Å². The predicted molar refractivity (Wildman–Crippen MR) is 57.5 cm³/mol. The SMILES string of the molecule is Cc1c(S(=O)(=O)O)c2ccccc2n1C#N. The minimum absolute atomic E-state index is 0.204. The summed E-state index contributed by atoms with van der Waals surface area (Å²) in [5.74, 6) is 0. The van der Waals surface area contributed by atoms with E-state index in [0.29, 0.717) is 10.9 Å². The normalized spacial score (nSPS) is 11.6. The van der Waals surface area contributed by atoms with E-state index >= 15 is 0 Å². The second-order valence-corrected chi connectivity index (χ2v) is 4.70. The Kier molecular flexibility index (Phi) is 2.22. The van der Waals surface area contributed by atoms with Crippen LogP contribution in [0.5, 0.6) is 0 Å². The summed E-state index contributed by atoms with van der Waals surface area (Å²) in [4.78, 5) is -0.204. The Bertz CT molecular complexity index is 707. The highest BCUT2D eigenvalue weighted by molar-refractivity contribution is 7.86. The molecule has 2 aromatic rings. The molecule has 0 fully saturated rings. The minimum Gasteiger partial charge on any atom is -0.282 e. The van der Waals surface area contributed by atoms with Gasteiger partial charge in [-0.3, -0.25) is 9.12 Å². The summed E-state index contributed by atoms with van der Waals surface area (Å²) in [6, 6.07) is 6.53. The van der Waals surface area contributed by atoms with E-state index in [1.165, 1.54) is 11.5 Å². The average molecular weight is 236 g/mol. The first kappa shape index (κ1) is 10.7. The molecule has 6 heteroatoms. The first-order chi connectivity index (χ1) is 7.46. The summed E-state index contributed by atoms with van der Waals surface area (Å²) < 4.78 is 32.8. The highest BCUT2D eigenvalue weighted by Gasteiger charge is 2.22. The molecule has 1 heterocycles. The number of hydrogen-bond donors (Lipinski definition) is 1. The van der Waals surface area contributed by atoms with Gasteiger partial charge >= 0.3 is 0 Å². The van der Waals surface area contributed by atoms with Gasteiger partial charge in [0.25, 0.3) is 10.1 Å². The van der Waals surface area contributed by atoms with Crippen molar-refractivity contribution < 1.29 is 13.0 Å². The van der Waals surface area contributed by atoms with E-state index < -0.39 is 10.1 Å². The number of hydrogen-bond acceptors (Lipinski definition) is 3. The molecule has 0 radical (unpaired) electrons. The van der Waals surface area contributed by atoms with Crippen molar-refractivity contribution in [2.45, 2.75) is 11.8 Å². The molecule has 5 nitrogen and oxygen atoms in total. The average Bonchev–Trinajstić information content (AvgIpc) is 2.48. The fourth-order valence-corrected chi connectivity index (χ4v) is 2.71. The maximum Gasteiger partial charge on any atom is 0.296 e. The van der Waals surface area contributed by atoms with Crippen molar-refractivity contribution >= 4 is 21.0 Å². The quantitative estimate of drug-likeness (QED) is 0.761. The molecule has 0 saturated heterocycles. The van der Waals surface area contributed by atoms with Crippen molar-refractivity contribution in [3.63, 3.8) is 0 Å². The van der Waals surface area contributed by atoms with E-state index in [0.717, 1.165) is 0 Å². The summed E-state index contributed by atoms with van der Waals surface area (Å²) in [5.41, 5.74) is 0.682. The highest BCUT2D eigenvalue weighted by Crippen LogP contribution is 2.28. The van der Waals surface area contributed by atoms with Crippen molar-refractivity contribution in [1.82, 2.24) is 4.57 Å². The van der Waals surface area contributed by atoms with E-state index in [1.54, 1.807) is 24.3 Å². The fraction of sp³-hybridized carbons (Fsp3) is 0.100. The number of aromatic nitrogens is 1. The van der Waals surface area contributed by atoms with Crippen LogP contribution in [-0.2, 0) is 10.1 Å². The van der Waals surface area contributed by atoms with Crippen molar-refractivity contribution in [2.75, 3.05) is 0 Å². The van der Waals surface area contributed by atoms with Gasteiger partial charge in [0.1, 0.15) is 4.90 Å². The third-order valence-corrected chi connectivity index (χ3v) is 3.44. The van der Waals surface area contributed by atoms with E-state index in [2.05, 4.69) is 0 Å². The van der Waals surface area contributed by atoms with Crippen LogP contribution in [0.25, 0.3) is 10.9 Å². The van der Waals surface area contributed by atoms with Crippen molar-refractivity contribution in [3.05, 3.63) is 30.0 Å². The van der Waals surface area contributed by atoms with Gasteiger partial charge in [0.15, 0.2) is 6.19 Å². The van der Waals surface area contributed by atoms with E-state index in [9.17, 15) is 8.42 Å². The van der Waals surface area contributed by atoms with Crippen LogP contribution < -0.4 is 0 Å². The van der Waals surface area contributed by atoms with Crippen LogP contribution in [0.15, 0.2) is 29.2 Å². The van der Waals surface area contributed by atoms with Crippen LogP contribution in [0.2, 0.25) is 0 Å². The monoisotopic (exact) mass is 236 g/mol. The molecule has 0 amide bonds. The minimum atomic E-state index is -4.32. The summed E-state index contributed by atoms with van der Waals surface area (Å²) in [5, 5.41) is 9.28. The zero-order valence-electron chi connectivity index (χ0n) is 8.38. The molecule has 82 valence electrons. The molecule has 16 heavy (non-hydrogen) atoms. The summed E-state index contributed by atoms with van der Waals surface area (Å²) in [6.45, 7) is 1.48. The number of para-hydroxylation sites is 1. The molecular weight excluding hydrogens is 228 g/mol. The predicted octanol–water partition coefficient (Wildman–Crippen LogP) is 1.53. The molecule has 0 spiro atoms. The lowest BCUT2D eigenvalue weighted by molar-refractivity contribution is 0.483. The first-order valence-corrected chi connectivity index (χ1v) is 5.88. The Morgan fingerprint density at radius 2 is 2.00 bits per heavy atom. The Hall–Kier alpha value is -1.84. The Labute approximate surface area is 92.3 Å². The molecule has 0 aliphatic carbocycles. The van der Waals surface area contributed by atoms with Crippen LogP contribution in [-0.4, -0.2) is 17.5 Å². The number of fused-ring (bicyclic) bond motifs is 1. The van der Waals surface area contributed by atoms with Gasteiger partial charge in [0.05, 0.1) is 11.2 Å². The maximum absolute atomic E-state index is 11.2. The molecule has 0 aliphatic rings. The molecule has 0 bridgehead atoms. The molecule has 0 unspecified atom stereocenters. The molecule has 2 rings (SSSR count).